The second-order valence-corrected chi connectivity index (χ2v) is 8.41. The zero-order chi connectivity index (χ0) is 22.7. The van der Waals surface area contributed by atoms with Crippen LogP contribution in [0.3, 0.4) is 0 Å². The van der Waals surface area contributed by atoms with Gasteiger partial charge in [0, 0.05) is 6.92 Å². The number of nitrogens with zero attached hydrogens (tertiary/aromatic N) is 1. The number of amides is 2. The molecule has 32 heavy (non-hydrogen) atoms. The number of carbonyl (C=O) groups excluding carboxylic acids is 2. The van der Waals surface area contributed by atoms with Gasteiger partial charge in [0.05, 0.1) is 17.0 Å². The van der Waals surface area contributed by atoms with Gasteiger partial charge in [0.15, 0.2) is 16.7 Å². The van der Waals surface area contributed by atoms with Crippen LogP contribution in [0.1, 0.15) is 18.1 Å². The summed E-state index contributed by atoms with van der Waals surface area (Å²) in [6.07, 6.45) is 1.65. The molecule has 162 valence electrons. The Labute approximate surface area is 194 Å². The molecule has 1 aliphatic heterocycles. The largest absolute Gasteiger partial charge is 0.493 e. The number of methoxy groups -OCH3 is 1. The molecule has 8 heteroatoms. The van der Waals surface area contributed by atoms with E-state index >= 15 is 0 Å². The minimum absolute atomic E-state index is 0.252. The lowest BCUT2D eigenvalue weighted by atomic mass is 10.1. The number of amidine groups is 1. The van der Waals surface area contributed by atoms with Crippen LogP contribution in [-0.4, -0.2) is 24.1 Å². The Bertz CT molecular complexity index is 1280. The van der Waals surface area contributed by atoms with Gasteiger partial charge in [0.2, 0.25) is 5.91 Å². The van der Waals surface area contributed by atoms with E-state index in [1.807, 2.05) is 24.3 Å². The van der Waals surface area contributed by atoms with E-state index in [2.05, 4.69) is 28.5 Å². The molecule has 2 amide bonds. The molecule has 1 aliphatic rings. The molecule has 0 atom stereocenters. The second-order valence-electron chi connectivity index (χ2n) is 6.98. The third-order valence-corrected chi connectivity index (χ3v) is 5.88. The average molecular weight is 467 g/mol. The lowest BCUT2D eigenvalue weighted by Gasteiger charge is -2.14. The summed E-state index contributed by atoms with van der Waals surface area (Å²) < 4.78 is 11.5. The third-order valence-electron chi connectivity index (χ3n) is 4.70. The Morgan fingerprint density at radius 2 is 1.97 bits per heavy atom. The van der Waals surface area contributed by atoms with Crippen molar-refractivity contribution in [3.05, 3.63) is 75.7 Å². The Morgan fingerprint density at radius 1 is 1.19 bits per heavy atom. The number of carbonyl (C=O) groups is 2. The maximum Gasteiger partial charge on any atom is 0.286 e. The number of fused-ring (bicyclic) bond motifs is 1. The summed E-state index contributed by atoms with van der Waals surface area (Å²) in [7, 11) is 1.53. The number of aliphatic imine (C=N–C) groups is 1. The first kappa shape index (κ1) is 21.9. The highest BCUT2D eigenvalue weighted by atomic mass is 35.5. The van der Waals surface area contributed by atoms with Crippen molar-refractivity contribution >= 4 is 57.2 Å². The lowest BCUT2D eigenvalue weighted by Crippen LogP contribution is -2.23. The first-order valence-electron chi connectivity index (χ1n) is 9.71. The lowest BCUT2D eigenvalue weighted by molar-refractivity contribution is -0.117. The van der Waals surface area contributed by atoms with Gasteiger partial charge in [-0.1, -0.05) is 54.1 Å². The minimum atomic E-state index is -0.426. The number of thioether (sulfide) groups is 1. The first-order chi connectivity index (χ1) is 15.4. The van der Waals surface area contributed by atoms with Crippen LogP contribution in [0.5, 0.6) is 11.5 Å². The topological polar surface area (TPSA) is 77.0 Å². The smallest absolute Gasteiger partial charge is 0.286 e. The molecule has 0 aromatic heterocycles. The summed E-state index contributed by atoms with van der Waals surface area (Å²) in [4.78, 5) is 27.5. The summed E-state index contributed by atoms with van der Waals surface area (Å²) in [6.45, 7) is 1.68. The van der Waals surface area contributed by atoms with Gasteiger partial charge in [-0.15, -0.1) is 0 Å². The van der Waals surface area contributed by atoms with Gasteiger partial charge in [-0.2, -0.15) is 4.99 Å². The van der Waals surface area contributed by atoms with Gasteiger partial charge in [-0.3, -0.25) is 9.59 Å². The summed E-state index contributed by atoms with van der Waals surface area (Å²) in [5.74, 6) is 0.153. The molecular weight excluding hydrogens is 448 g/mol. The van der Waals surface area contributed by atoms with Crippen LogP contribution in [0.2, 0.25) is 5.02 Å². The van der Waals surface area contributed by atoms with Crippen LogP contribution >= 0.6 is 23.4 Å². The molecule has 6 nitrogen and oxygen atoms in total. The van der Waals surface area contributed by atoms with Crippen molar-refractivity contribution in [2.45, 2.75) is 13.5 Å². The van der Waals surface area contributed by atoms with Crippen LogP contribution in [0.4, 0.5) is 0 Å². The summed E-state index contributed by atoms with van der Waals surface area (Å²) >= 11 is 7.59. The second kappa shape index (κ2) is 9.46. The van der Waals surface area contributed by atoms with Crippen molar-refractivity contribution in [3.8, 4) is 11.5 Å². The van der Waals surface area contributed by atoms with Gasteiger partial charge in [0.25, 0.3) is 5.91 Å². The van der Waals surface area contributed by atoms with Gasteiger partial charge in [-0.05, 0) is 51.9 Å². The van der Waals surface area contributed by atoms with Crippen LogP contribution in [0.25, 0.3) is 16.8 Å². The average Bonchev–Trinajstić information content (AvgIpc) is 3.10. The molecule has 1 heterocycles. The summed E-state index contributed by atoms with van der Waals surface area (Å²) in [5, 5.41) is 5.37. The molecule has 4 rings (SSSR count). The van der Waals surface area contributed by atoms with E-state index in [1.165, 1.54) is 14.0 Å². The van der Waals surface area contributed by atoms with Crippen molar-refractivity contribution in [3.63, 3.8) is 0 Å². The van der Waals surface area contributed by atoms with E-state index in [-0.39, 0.29) is 11.1 Å². The normalized spacial score (nSPS) is 14.5. The predicted octanol–water partition coefficient (Wildman–Crippen LogP) is 5.19. The standard InChI is InChI=1S/C24H19ClN2O4S/c1-14(28)26-24-27-23(29)21(32-24)12-15-10-19(25)22(20(11-15)30-2)31-13-17-8-5-7-16-6-3-4-9-18(16)17/h3-12H,13H2,1-2H3,(H,26,27,28,29)/b21-12+. The van der Waals surface area contributed by atoms with Crippen LogP contribution in [-0.2, 0) is 16.2 Å². The molecule has 0 radical (unpaired) electrons. The molecule has 0 spiro atoms. The zero-order valence-electron chi connectivity index (χ0n) is 17.3. The van der Waals surface area contributed by atoms with E-state index in [1.54, 1.807) is 18.2 Å². The number of benzene rings is 3. The highest BCUT2D eigenvalue weighted by molar-refractivity contribution is 8.18. The molecule has 1 N–H and O–H groups in total. The zero-order valence-corrected chi connectivity index (χ0v) is 18.9. The quantitative estimate of drug-likeness (QED) is 0.524. The fourth-order valence-corrected chi connectivity index (χ4v) is 4.43. The van der Waals surface area contributed by atoms with E-state index < -0.39 is 5.91 Å². The highest BCUT2D eigenvalue weighted by Gasteiger charge is 2.23. The molecule has 0 unspecified atom stereocenters. The van der Waals surface area contributed by atoms with Crippen molar-refractivity contribution in [1.29, 1.82) is 0 Å². The minimum Gasteiger partial charge on any atom is -0.493 e. The molecule has 3 aromatic rings. The summed E-state index contributed by atoms with van der Waals surface area (Å²) in [5.41, 5.74) is 1.68. The molecule has 0 bridgehead atoms. The highest BCUT2D eigenvalue weighted by Crippen LogP contribution is 2.39. The maximum absolute atomic E-state index is 12.1. The number of nitrogens with one attached hydrogen (secondary N) is 1. The molecule has 0 saturated heterocycles. The van der Waals surface area contributed by atoms with Crippen molar-refractivity contribution < 1.29 is 19.1 Å². The van der Waals surface area contributed by atoms with E-state index in [0.717, 1.165) is 28.1 Å². The van der Waals surface area contributed by atoms with E-state index in [4.69, 9.17) is 21.1 Å². The molecule has 0 fully saturated rings. The van der Waals surface area contributed by atoms with Gasteiger partial charge < -0.3 is 14.8 Å². The number of ether oxygens (including phenoxy) is 2. The number of hydrogen-bond donors (Lipinski definition) is 1. The predicted molar refractivity (Wildman–Crippen MR) is 128 cm³/mol. The SMILES string of the molecule is COc1cc(/C=C2/SC(NC(C)=O)=NC2=O)cc(Cl)c1OCc1cccc2ccccc12. The Balaban J connectivity index is 1.56. The van der Waals surface area contributed by atoms with Crippen molar-refractivity contribution in [2.24, 2.45) is 4.99 Å². The van der Waals surface area contributed by atoms with E-state index in [0.29, 0.717) is 33.6 Å². The molecule has 0 saturated carbocycles. The first-order valence-corrected chi connectivity index (χ1v) is 10.9. The monoisotopic (exact) mass is 466 g/mol. The fourth-order valence-electron chi connectivity index (χ4n) is 3.30. The van der Waals surface area contributed by atoms with Crippen LogP contribution in [0, 0.1) is 0 Å². The Hall–Kier alpha value is -3.29. The molecular formula is C24H19ClN2O4S. The van der Waals surface area contributed by atoms with Crippen LogP contribution < -0.4 is 14.8 Å². The van der Waals surface area contributed by atoms with E-state index in [9.17, 15) is 9.59 Å². The fraction of sp³-hybridized carbons (Fsp3) is 0.125. The van der Waals surface area contributed by atoms with Gasteiger partial charge in [-0.25, -0.2) is 0 Å². The van der Waals surface area contributed by atoms with Gasteiger partial charge >= 0.3 is 0 Å². The van der Waals surface area contributed by atoms with Gasteiger partial charge in [0.1, 0.15) is 6.61 Å². The number of rotatable bonds is 5. The van der Waals surface area contributed by atoms with Crippen molar-refractivity contribution in [1.82, 2.24) is 5.32 Å². The maximum atomic E-state index is 12.1. The summed E-state index contributed by atoms with van der Waals surface area (Å²) in [6, 6.07) is 17.6. The number of hydrogen-bond acceptors (Lipinski definition) is 5. The Kier molecular flexibility index (Phi) is 6.48. The molecule has 0 aliphatic carbocycles. The number of halogens is 1. The molecule has 3 aromatic carbocycles. The van der Waals surface area contributed by atoms with Crippen molar-refractivity contribution in [2.75, 3.05) is 7.11 Å². The third kappa shape index (κ3) is 4.79. The van der Waals surface area contributed by atoms with Crippen LogP contribution in [0.15, 0.2) is 64.5 Å². The Morgan fingerprint density at radius 3 is 2.75 bits per heavy atom.